The summed E-state index contributed by atoms with van der Waals surface area (Å²) in [5.74, 6) is 2.54. The Balaban J connectivity index is 0.00000119. The lowest BCUT2D eigenvalue weighted by Gasteiger charge is -2.29. The molecule has 0 amide bonds. The van der Waals surface area contributed by atoms with Crippen LogP contribution in [0.15, 0.2) is 96.8 Å². The van der Waals surface area contributed by atoms with Crippen molar-refractivity contribution in [3.05, 3.63) is 108 Å². The minimum atomic E-state index is -0.595. The van der Waals surface area contributed by atoms with Gasteiger partial charge in [-0.3, -0.25) is 0 Å². The van der Waals surface area contributed by atoms with Gasteiger partial charge in [-0.2, -0.15) is 0 Å². The van der Waals surface area contributed by atoms with Crippen molar-refractivity contribution in [2.24, 2.45) is 0 Å². The quantitative estimate of drug-likeness (QED) is 0.280. The molecule has 2 heteroatoms. The van der Waals surface area contributed by atoms with E-state index in [2.05, 4.69) is 104 Å². The summed E-state index contributed by atoms with van der Waals surface area (Å²) in [6, 6.07) is 34.0. The maximum absolute atomic E-state index is 2.54. The summed E-state index contributed by atoms with van der Waals surface area (Å²) in [5, 5.41) is 7.22. The molecule has 5 rings (SSSR count). The maximum atomic E-state index is 2.54. The number of benzene rings is 4. The average molecular weight is 455 g/mol. The lowest BCUT2D eigenvalue weighted by molar-refractivity contribution is 1.03. The van der Waals surface area contributed by atoms with Crippen LogP contribution in [0.4, 0.5) is 0 Å². The molecule has 0 N–H and O–H groups in total. The lowest BCUT2D eigenvalue weighted by Crippen LogP contribution is -2.27. The predicted molar refractivity (Wildman–Crippen MR) is 149 cm³/mol. The molecular formula is C30H32P2. The van der Waals surface area contributed by atoms with E-state index in [0.717, 1.165) is 21.4 Å². The second-order valence-corrected chi connectivity index (χ2v) is 11.3. The third kappa shape index (κ3) is 4.59. The van der Waals surface area contributed by atoms with Gasteiger partial charge in [-0.25, -0.2) is 0 Å². The average Bonchev–Trinajstić information content (AvgIpc) is 2.86. The van der Waals surface area contributed by atoms with Crippen molar-refractivity contribution in [3.8, 4) is 0 Å². The van der Waals surface area contributed by atoms with Gasteiger partial charge in [0.1, 0.15) is 0 Å². The van der Waals surface area contributed by atoms with Crippen molar-refractivity contribution in [2.75, 3.05) is 6.16 Å². The molecule has 162 valence electrons. The number of hydrogen-bond acceptors (Lipinski definition) is 0. The molecule has 1 aliphatic rings. The van der Waals surface area contributed by atoms with Crippen LogP contribution in [0.1, 0.15) is 38.3 Å². The minimum absolute atomic E-state index is 0.595. The SMILES string of the molecule is CC.CCP/C=C1/CCc2ccccc2P(c2ccccc2)c2ccc3ccccc3c21. The number of allylic oxidation sites excluding steroid dienone is 1. The Hall–Kier alpha value is -2.26. The third-order valence-corrected chi connectivity index (χ3v) is 9.41. The Bertz CT molecular complexity index is 1210. The highest BCUT2D eigenvalue weighted by Gasteiger charge is 2.26. The van der Waals surface area contributed by atoms with Crippen LogP contribution in [0.5, 0.6) is 0 Å². The molecule has 0 fully saturated rings. The predicted octanol–water partition coefficient (Wildman–Crippen LogP) is 7.61. The Morgan fingerprint density at radius 2 is 1.47 bits per heavy atom. The van der Waals surface area contributed by atoms with Crippen molar-refractivity contribution < 1.29 is 0 Å². The van der Waals surface area contributed by atoms with Crippen LogP contribution in [0.2, 0.25) is 0 Å². The molecule has 32 heavy (non-hydrogen) atoms. The second kappa shape index (κ2) is 11.0. The zero-order chi connectivity index (χ0) is 22.3. The summed E-state index contributed by atoms with van der Waals surface area (Å²) in [5.41, 5.74) is 4.55. The summed E-state index contributed by atoms with van der Waals surface area (Å²) in [4.78, 5) is 0. The van der Waals surface area contributed by atoms with Crippen molar-refractivity contribution in [2.45, 2.75) is 33.6 Å². The molecule has 1 heterocycles. The summed E-state index contributed by atoms with van der Waals surface area (Å²) in [7, 11) is 0.285. The topological polar surface area (TPSA) is 0 Å². The van der Waals surface area contributed by atoms with E-state index in [4.69, 9.17) is 0 Å². The van der Waals surface area contributed by atoms with E-state index in [1.807, 2.05) is 13.8 Å². The van der Waals surface area contributed by atoms with Crippen molar-refractivity contribution in [3.63, 3.8) is 0 Å². The van der Waals surface area contributed by atoms with E-state index in [9.17, 15) is 0 Å². The van der Waals surface area contributed by atoms with Crippen LogP contribution >= 0.6 is 16.5 Å². The van der Waals surface area contributed by atoms with Gasteiger partial charge < -0.3 is 0 Å². The van der Waals surface area contributed by atoms with Gasteiger partial charge in [-0.05, 0) is 70.3 Å². The Kier molecular flexibility index (Phi) is 7.91. The fraction of sp³-hybridized carbons (Fsp3) is 0.200. The molecule has 4 aromatic rings. The number of fused-ring (bicyclic) bond motifs is 4. The largest absolute Gasteiger partial charge is 0.0984 e. The lowest BCUT2D eigenvalue weighted by atomic mass is 9.94. The van der Waals surface area contributed by atoms with E-state index in [0.29, 0.717) is 0 Å². The molecule has 0 aliphatic carbocycles. The third-order valence-electron chi connectivity index (χ3n) is 5.86. The van der Waals surface area contributed by atoms with Crippen LogP contribution in [0, 0.1) is 0 Å². The van der Waals surface area contributed by atoms with Crippen molar-refractivity contribution in [1.82, 2.24) is 0 Å². The summed E-state index contributed by atoms with van der Waals surface area (Å²) < 4.78 is 0. The van der Waals surface area contributed by atoms with Gasteiger partial charge in [0.25, 0.3) is 0 Å². The van der Waals surface area contributed by atoms with Crippen LogP contribution in [0.25, 0.3) is 16.3 Å². The zero-order valence-corrected chi connectivity index (χ0v) is 21.2. The molecule has 0 saturated carbocycles. The summed E-state index contributed by atoms with van der Waals surface area (Å²) in [6.45, 7) is 6.29. The fourth-order valence-electron chi connectivity index (χ4n) is 4.47. The molecule has 0 spiro atoms. The van der Waals surface area contributed by atoms with Crippen LogP contribution in [-0.2, 0) is 6.42 Å². The summed E-state index contributed by atoms with van der Waals surface area (Å²) in [6.07, 6.45) is 3.45. The van der Waals surface area contributed by atoms with E-state index in [1.165, 1.54) is 44.0 Å². The highest BCUT2D eigenvalue weighted by molar-refractivity contribution is 7.80. The minimum Gasteiger partial charge on any atom is -0.0984 e. The maximum Gasteiger partial charge on any atom is -0.00618 e. The molecule has 0 radical (unpaired) electrons. The van der Waals surface area contributed by atoms with Crippen LogP contribution in [0.3, 0.4) is 0 Å². The molecule has 1 aliphatic heterocycles. The van der Waals surface area contributed by atoms with Gasteiger partial charge in [-0.1, -0.05) is 126 Å². The van der Waals surface area contributed by atoms with Gasteiger partial charge in [0.2, 0.25) is 0 Å². The highest BCUT2D eigenvalue weighted by Crippen LogP contribution is 2.43. The van der Waals surface area contributed by atoms with Gasteiger partial charge in [-0.15, -0.1) is 0 Å². The number of hydrogen-bond donors (Lipinski definition) is 0. The van der Waals surface area contributed by atoms with Gasteiger partial charge in [0, 0.05) is 0 Å². The normalized spacial score (nSPS) is 16.7. The molecule has 0 saturated heterocycles. The Labute approximate surface area is 196 Å². The standard InChI is InChI=1S/C28H26P2.C2H6/c1-2-29-20-23-17-16-22-11-7-9-15-26(22)30(24-12-4-3-5-13-24)27-19-18-21-10-6-8-14-25(21)28(23)27;1-2/h3-15,18-20,29H,2,16-17H2,1H3;1-2H3/b23-20-;. The number of rotatable bonds is 3. The molecule has 2 atom stereocenters. The molecular weight excluding hydrogens is 422 g/mol. The number of aryl methyl sites for hydroxylation is 1. The zero-order valence-electron chi connectivity index (χ0n) is 19.3. The molecule has 2 unspecified atom stereocenters. The second-order valence-electron chi connectivity index (χ2n) is 7.71. The smallest absolute Gasteiger partial charge is 0.00618 e. The van der Waals surface area contributed by atoms with Crippen molar-refractivity contribution in [1.29, 1.82) is 0 Å². The monoisotopic (exact) mass is 454 g/mol. The molecule has 0 nitrogen and oxygen atoms in total. The first kappa shape index (κ1) is 22.9. The van der Waals surface area contributed by atoms with E-state index in [1.54, 1.807) is 5.57 Å². The van der Waals surface area contributed by atoms with E-state index < -0.39 is 7.92 Å². The molecule has 0 bridgehead atoms. The van der Waals surface area contributed by atoms with Gasteiger partial charge in [0.15, 0.2) is 0 Å². The Morgan fingerprint density at radius 1 is 0.750 bits per heavy atom. The van der Waals surface area contributed by atoms with Crippen molar-refractivity contribution >= 4 is 48.8 Å². The van der Waals surface area contributed by atoms with E-state index in [-0.39, 0.29) is 0 Å². The van der Waals surface area contributed by atoms with Gasteiger partial charge >= 0.3 is 0 Å². The summed E-state index contributed by atoms with van der Waals surface area (Å²) >= 11 is 0. The first-order valence-electron chi connectivity index (χ1n) is 11.7. The van der Waals surface area contributed by atoms with Crippen LogP contribution < -0.4 is 15.9 Å². The molecule has 0 aromatic heterocycles. The highest BCUT2D eigenvalue weighted by atomic mass is 31.1. The van der Waals surface area contributed by atoms with Crippen LogP contribution in [-0.4, -0.2) is 6.16 Å². The van der Waals surface area contributed by atoms with E-state index >= 15 is 0 Å². The Morgan fingerprint density at radius 3 is 2.28 bits per heavy atom. The first-order valence-corrected chi connectivity index (χ1v) is 14.4. The fourth-order valence-corrected chi connectivity index (χ4v) is 7.92. The molecule has 4 aromatic carbocycles. The first-order chi connectivity index (χ1) is 15.9. The van der Waals surface area contributed by atoms with Gasteiger partial charge in [0.05, 0.1) is 0 Å².